The Hall–Kier alpha value is -3.58. The molecule has 1 saturated heterocycles. The molecule has 0 aliphatic carbocycles. The maximum absolute atomic E-state index is 13.2. The molecular formula is C25H20BrNO5. The van der Waals surface area contributed by atoms with Gasteiger partial charge in [-0.15, -0.1) is 0 Å². The molecule has 162 valence electrons. The number of benzene rings is 3. The number of halogens is 1. The number of hydrogen-bond acceptors (Lipinski definition) is 5. The molecule has 1 atom stereocenters. The van der Waals surface area contributed by atoms with Gasteiger partial charge in [0, 0.05) is 16.2 Å². The molecular weight excluding hydrogens is 474 g/mol. The highest BCUT2D eigenvalue weighted by Crippen LogP contribution is 2.43. The van der Waals surface area contributed by atoms with E-state index in [4.69, 9.17) is 9.47 Å². The largest absolute Gasteiger partial charge is 0.507 e. The lowest BCUT2D eigenvalue weighted by Gasteiger charge is -2.25. The predicted molar refractivity (Wildman–Crippen MR) is 125 cm³/mol. The van der Waals surface area contributed by atoms with Crippen molar-refractivity contribution in [2.75, 3.05) is 19.1 Å². The molecule has 0 spiro atoms. The number of aliphatic hydroxyl groups excluding tert-OH is 1. The number of amides is 1. The summed E-state index contributed by atoms with van der Waals surface area (Å²) in [6, 6.07) is 20.3. The first kappa shape index (κ1) is 21.6. The monoisotopic (exact) mass is 493 g/mol. The van der Waals surface area contributed by atoms with E-state index in [0.29, 0.717) is 28.3 Å². The molecule has 6 nitrogen and oxygen atoms in total. The van der Waals surface area contributed by atoms with Crippen LogP contribution in [0.25, 0.3) is 5.76 Å². The summed E-state index contributed by atoms with van der Waals surface area (Å²) in [6.07, 6.45) is 0. The summed E-state index contributed by atoms with van der Waals surface area (Å²) in [4.78, 5) is 27.7. The molecule has 3 aromatic carbocycles. The summed E-state index contributed by atoms with van der Waals surface area (Å²) < 4.78 is 11.5. The van der Waals surface area contributed by atoms with Crippen molar-refractivity contribution in [1.82, 2.24) is 0 Å². The van der Waals surface area contributed by atoms with Crippen molar-refractivity contribution >= 4 is 39.1 Å². The maximum Gasteiger partial charge on any atom is 0.300 e. The molecule has 7 heteroatoms. The zero-order valence-corrected chi connectivity index (χ0v) is 19.0. The van der Waals surface area contributed by atoms with Crippen LogP contribution < -0.4 is 14.4 Å². The highest BCUT2D eigenvalue weighted by molar-refractivity contribution is 9.10. The fraction of sp³-hybridized carbons (Fsp3) is 0.120. The van der Waals surface area contributed by atoms with Crippen LogP contribution in [0.15, 0.2) is 82.8 Å². The van der Waals surface area contributed by atoms with Crippen molar-refractivity contribution in [2.45, 2.75) is 6.04 Å². The predicted octanol–water partition coefficient (Wildman–Crippen LogP) is 5.09. The first-order valence-electron chi connectivity index (χ1n) is 9.80. The average molecular weight is 494 g/mol. The fourth-order valence-corrected chi connectivity index (χ4v) is 4.05. The molecule has 0 radical (unpaired) electrons. The molecule has 1 aliphatic heterocycles. The van der Waals surface area contributed by atoms with E-state index in [1.165, 1.54) is 19.1 Å². The van der Waals surface area contributed by atoms with Crippen molar-refractivity contribution in [3.05, 3.63) is 94.0 Å². The van der Waals surface area contributed by atoms with Gasteiger partial charge in [-0.2, -0.15) is 0 Å². The number of carbonyl (C=O) groups is 2. The Bertz CT molecular complexity index is 1200. The number of para-hydroxylation sites is 1. The molecule has 1 fully saturated rings. The number of aliphatic hydroxyl groups is 1. The van der Waals surface area contributed by atoms with Crippen molar-refractivity contribution < 1.29 is 24.2 Å². The number of rotatable bonds is 5. The van der Waals surface area contributed by atoms with E-state index in [1.807, 2.05) is 30.3 Å². The molecule has 0 saturated carbocycles. The number of hydrogen-bond donors (Lipinski definition) is 1. The SMILES string of the molecule is COc1ccc(/C(O)=C2/C(=O)C(=O)N(c3ccccc3)C2c2ccc(Br)cc2)c(OC)c1. The lowest BCUT2D eigenvalue weighted by Crippen LogP contribution is -2.29. The molecule has 0 bridgehead atoms. The Morgan fingerprint density at radius 1 is 0.938 bits per heavy atom. The highest BCUT2D eigenvalue weighted by Gasteiger charge is 2.47. The minimum absolute atomic E-state index is 0.00959. The van der Waals surface area contributed by atoms with Crippen LogP contribution >= 0.6 is 15.9 Å². The van der Waals surface area contributed by atoms with E-state index in [-0.39, 0.29) is 11.3 Å². The molecule has 1 heterocycles. The third-order valence-electron chi connectivity index (χ3n) is 5.33. The van der Waals surface area contributed by atoms with Gasteiger partial charge in [-0.05, 0) is 42.0 Å². The molecule has 0 aromatic heterocycles. The summed E-state index contributed by atoms with van der Waals surface area (Å²) in [6.45, 7) is 0. The summed E-state index contributed by atoms with van der Waals surface area (Å²) >= 11 is 3.41. The Morgan fingerprint density at radius 3 is 2.25 bits per heavy atom. The number of ketones is 1. The number of ether oxygens (including phenoxy) is 2. The Kier molecular flexibility index (Phi) is 6.01. The molecule has 1 N–H and O–H groups in total. The van der Waals surface area contributed by atoms with Crippen LogP contribution in [-0.4, -0.2) is 31.0 Å². The zero-order valence-electron chi connectivity index (χ0n) is 17.4. The molecule has 1 aliphatic rings. The Balaban J connectivity index is 1.96. The molecule has 1 amide bonds. The zero-order chi connectivity index (χ0) is 22.8. The topological polar surface area (TPSA) is 76.1 Å². The van der Waals surface area contributed by atoms with Crippen LogP contribution in [0.1, 0.15) is 17.2 Å². The van der Waals surface area contributed by atoms with Gasteiger partial charge in [-0.25, -0.2) is 0 Å². The van der Waals surface area contributed by atoms with Crippen molar-refractivity contribution in [3.8, 4) is 11.5 Å². The third-order valence-corrected chi connectivity index (χ3v) is 5.86. The van der Waals surface area contributed by atoms with Crippen LogP contribution in [0.5, 0.6) is 11.5 Å². The van der Waals surface area contributed by atoms with Gasteiger partial charge in [0.15, 0.2) is 0 Å². The summed E-state index contributed by atoms with van der Waals surface area (Å²) in [5.41, 5.74) is 1.53. The number of carbonyl (C=O) groups excluding carboxylic acids is 2. The van der Waals surface area contributed by atoms with Gasteiger partial charge in [0.25, 0.3) is 11.7 Å². The number of nitrogens with zero attached hydrogens (tertiary/aromatic N) is 1. The van der Waals surface area contributed by atoms with E-state index < -0.39 is 17.7 Å². The Morgan fingerprint density at radius 2 is 1.62 bits per heavy atom. The van der Waals surface area contributed by atoms with Crippen LogP contribution in [-0.2, 0) is 9.59 Å². The minimum atomic E-state index is -0.808. The maximum atomic E-state index is 13.2. The van der Waals surface area contributed by atoms with E-state index in [1.54, 1.807) is 42.5 Å². The van der Waals surface area contributed by atoms with E-state index in [0.717, 1.165) is 4.47 Å². The van der Waals surface area contributed by atoms with Gasteiger partial charge in [-0.3, -0.25) is 14.5 Å². The van der Waals surface area contributed by atoms with Crippen LogP contribution in [0.2, 0.25) is 0 Å². The summed E-state index contributed by atoms with van der Waals surface area (Å²) in [5, 5.41) is 11.3. The van der Waals surface area contributed by atoms with E-state index in [2.05, 4.69) is 15.9 Å². The van der Waals surface area contributed by atoms with Gasteiger partial charge in [0.2, 0.25) is 0 Å². The second-order valence-corrected chi connectivity index (χ2v) is 8.04. The van der Waals surface area contributed by atoms with Crippen molar-refractivity contribution in [1.29, 1.82) is 0 Å². The number of methoxy groups -OCH3 is 2. The second-order valence-electron chi connectivity index (χ2n) is 7.12. The number of anilines is 1. The normalized spacial score (nSPS) is 17.5. The lowest BCUT2D eigenvalue weighted by molar-refractivity contribution is -0.132. The first-order valence-corrected chi connectivity index (χ1v) is 10.6. The molecule has 3 aromatic rings. The summed E-state index contributed by atoms with van der Waals surface area (Å²) in [5.74, 6) is -0.931. The van der Waals surface area contributed by atoms with Crippen LogP contribution in [0.3, 0.4) is 0 Å². The number of Topliss-reactive ketones (excluding diaryl/α,β-unsaturated/α-hetero) is 1. The Labute approximate surface area is 193 Å². The fourth-order valence-electron chi connectivity index (χ4n) is 3.79. The van der Waals surface area contributed by atoms with Crippen LogP contribution in [0, 0.1) is 0 Å². The third kappa shape index (κ3) is 3.76. The molecule has 4 rings (SSSR count). The molecule has 32 heavy (non-hydrogen) atoms. The highest BCUT2D eigenvalue weighted by atomic mass is 79.9. The van der Waals surface area contributed by atoms with Gasteiger partial charge >= 0.3 is 0 Å². The van der Waals surface area contributed by atoms with E-state index in [9.17, 15) is 14.7 Å². The lowest BCUT2D eigenvalue weighted by atomic mass is 9.95. The first-order chi connectivity index (χ1) is 15.5. The second kappa shape index (κ2) is 8.88. The standard InChI is InChI=1S/C25H20BrNO5/c1-31-18-12-13-19(20(14-18)32-2)23(28)21-22(15-8-10-16(26)11-9-15)27(25(30)24(21)29)17-6-4-3-5-7-17/h3-14,22,28H,1-2H3/b23-21-. The van der Waals surface area contributed by atoms with Crippen LogP contribution in [0.4, 0.5) is 5.69 Å². The van der Waals surface area contributed by atoms with Gasteiger partial charge < -0.3 is 14.6 Å². The van der Waals surface area contributed by atoms with Crippen molar-refractivity contribution in [3.63, 3.8) is 0 Å². The smallest absolute Gasteiger partial charge is 0.300 e. The van der Waals surface area contributed by atoms with Gasteiger partial charge in [0.05, 0.1) is 31.4 Å². The molecule has 1 unspecified atom stereocenters. The van der Waals surface area contributed by atoms with Gasteiger partial charge in [-0.1, -0.05) is 46.3 Å². The van der Waals surface area contributed by atoms with E-state index >= 15 is 0 Å². The van der Waals surface area contributed by atoms with Crippen molar-refractivity contribution in [2.24, 2.45) is 0 Å². The van der Waals surface area contributed by atoms with Gasteiger partial charge in [0.1, 0.15) is 17.3 Å². The minimum Gasteiger partial charge on any atom is -0.507 e. The quantitative estimate of drug-likeness (QED) is 0.304. The average Bonchev–Trinajstić information content (AvgIpc) is 3.09. The summed E-state index contributed by atoms with van der Waals surface area (Å²) in [7, 11) is 2.98.